The quantitative estimate of drug-likeness (QED) is 0.930. The summed E-state index contributed by atoms with van der Waals surface area (Å²) < 4.78 is 19.0. The highest BCUT2D eigenvalue weighted by molar-refractivity contribution is 5.93. The Morgan fingerprint density at radius 1 is 1.12 bits per heavy atom. The molecule has 0 spiro atoms. The van der Waals surface area contributed by atoms with Crippen molar-refractivity contribution >= 4 is 11.6 Å². The molecule has 2 bridgehead atoms. The fourth-order valence-electron chi connectivity index (χ4n) is 3.75. The van der Waals surface area contributed by atoms with Crippen LogP contribution < -0.4 is 5.32 Å². The molecule has 1 N–H and O–H groups in total. The lowest BCUT2D eigenvalue weighted by Crippen LogP contribution is -2.44. The number of carbonyl (C=O) groups excluding carboxylic acids is 1. The first-order chi connectivity index (χ1) is 12.2. The minimum Gasteiger partial charge on any atom is -0.371 e. The Bertz CT molecular complexity index is 735. The summed E-state index contributed by atoms with van der Waals surface area (Å²) in [6.07, 6.45) is 0.761. The second-order valence-corrected chi connectivity index (χ2v) is 6.81. The second-order valence-electron chi connectivity index (χ2n) is 6.81. The third kappa shape index (κ3) is 3.72. The van der Waals surface area contributed by atoms with Gasteiger partial charge in [-0.2, -0.15) is 0 Å². The minimum absolute atomic E-state index is 0.0299. The van der Waals surface area contributed by atoms with Gasteiger partial charge in [0.1, 0.15) is 5.82 Å². The van der Waals surface area contributed by atoms with Crippen LogP contribution in [0.25, 0.3) is 0 Å². The van der Waals surface area contributed by atoms with Crippen LogP contribution in [0.5, 0.6) is 0 Å². The molecule has 0 radical (unpaired) electrons. The summed E-state index contributed by atoms with van der Waals surface area (Å²) in [6.45, 7) is 2.29. The Kier molecular flexibility index (Phi) is 4.51. The van der Waals surface area contributed by atoms with E-state index >= 15 is 0 Å². The highest BCUT2D eigenvalue weighted by atomic mass is 19.1. The molecule has 2 aliphatic rings. The maximum Gasteiger partial charge on any atom is 0.230 e. The lowest BCUT2D eigenvalue weighted by atomic mass is 9.99. The number of amides is 1. The Morgan fingerprint density at radius 3 is 2.64 bits per heavy atom. The van der Waals surface area contributed by atoms with Crippen molar-refractivity contribution in [3.8, 4) is 0 Å². The molecule has 4 rings (SSSR count). The number of nitrogens with one attached hydrogen (secondary N) is 1. The molecule has 3 atom stereocenters. The van der Waals surface area contributed by atoms with Crippen molar-refractivity contribution in [1.29, 1.82) is 0 Å². The molecule has 0 unspecified atom stereocenters. The topological polar surface area (TPSA) is 41.6 Å². The molecule has 2 aliphatic heterocycles. The van der Waals surface area contributed by atoms with Crippen molar-refractivity contribution in [2.24, 2.45) is 5.92 Å². The largest absolute Gasteiger partial charge is 0.371 e. The number of hydrogen-bond acceptors (Lipinski definition) is 3. The summed E-state index contributed by atoms with van der Waals surface area (Å²) in [4.78, 5) is 14.9. The normalized spacial score (nSPS) is 25.7. The molecule has 2 heterocycles. The number of rotatable bonds is 4. The summed E-state index contributed by atoms with van der Waals surface area (Å²) in [5, 5.41) is 2.99. The van der Waals surface area contributed by atoms with E-state index in [0.29, 0.717) is 0 Å². The summed E-state index contributed by atoms with van der Waals surface area (Å²) >= 11 is 0. The number of anilines is 1. The fourth-order valence-corrected chi connectivity index (χ4v) is 3.75. The van der Waals surface area contributed by atoms with Gasteiger partial charge in [0.05, 0.1) is 18.1 Å². The van der Waals surface area contributed by atoms with E-state index in [1.54, 1.807) is 0 Å². The number of hydrogen-bond donors (Lipinski definition) is 1. The average Bonchev–Trinajstić information content (AvgIpc) is 2.92. The van der Waals surface area contributed by atoms with Gasteiger partial charge in [0, 0.05) is 25.3 Å². The number of benzene rings is 2. The molecule has 2 aromatic rings. The Hall–Kier alpha value is -2.24. The zero-order chi connectivity index (χ0) is 17.2. The molecular formula is C20H21FN2O2. The molecule has 4 nitrogen and oxygen atoms in total. The lowest BCUT2D eigenvalue weighted by Gasteiger charge is -2.32. The van der Waals surface area contributed by atoms with Crippen LogP contribution in [0.1, 0.15) is 12.0 Å². The lowest BCUT2D eigenvalue weighted by molar-refractivity contribution is -0.123. The van der Waals surface area contributed by atoms with Gasteiger partial charge < -0.3 is 10.1 Å². The van der Waals surface area contributed by atoms with Crippen LogP contribution in [0.15, 0.2) is 54.6 Å². The molecule has 0 saturated carbocycles. The Morgan fingerprint density at radius 2 is 1.88 bits per heavy atom. The van der Waals surface area contributed by atoms with E-state index in [-0.39, 0.29) is 29.9 Å². The first-order valence-electron chi connectivity index (χ1n) is 8.65. The molecule has 0 aromatic heterocycles. The molecule has 25 heavy (non-hydrogen) atoms. The SMILES string of the molecule is O=C(Nc1ccccc1)[C@H]1C[C@H]2CN(Cc3ccc(F)cc3)C[C@H]1O2. The highest BCUT2D eigenvalue weighted by Gasteiger charge is 2.44. The number of morpholine rings is 1. The smallest absolute Gasteiger partial charge is 0.230 e. The fraction of sp³-hybridized carbons (Fsp3) is 0.350. The third-order valence-electron chi connectivity index (χ3n) is 4.93. The first-order valence-corrected chi connectivity index (χ1v) is 8.65. The van der Waals surface area contributed by atoms with Gasteiger partial charge in [-0.3, -0.25) is 9.69 Å². The number of nitrogens with zero attached hydrogens (tertiary/aromatic N) is 1. The van der Waals surface area contributed by atoms with Gasteiger partial charge in [-0.1, -0.05) is 30.3 Å². The first kappa shape index (κ1) is 16.2. The van der Waals surface area contributed by atoms with E-state index in [0.717, 1.165) is 37.3 Å². The minimum atomic E-state index is -0.219. The van der Waals surface area contributed by atoms with Gasteiger partial charge >= 0.3 is 0 Å². The van der Waals surface area contributed by atoms with Gasteiger partial charge in [0.25, 0.3) is 0 Å². The number of carbonyl (C=O) groups is 1. The maximum atomic E-state index is 13.0. The van der Waals surface area contributed by atoms with Gasteiger partial charge in [-0.15, -0.1) is 0 Å². The molecule has 2 fully saturated rings. The van der Waals surface area contributed by atoms with E-state index in [9.17, 15) is 9.18 Å². The van der Waals surface area contributed by atoms with E-state index in [4.69, 9.17) is 4.74 Å². The Balaban J connectivity index is 1.38. The zero-order valence-electron chi connectivity index (χ0n) is 13.9. The van der Waals surface area contributed by atoms with Gasteiger partial charge in [0.2, 0.25) is 5.91 Å². The van der Waals surface area contributed by atoms with Crippen LogP contribution in [-0.4, -0.2) is 36.1 Å². The summed E-state index contributed by atoms with van der Waals surface area (Å²) in [6, 6.07) is 16.1. The van der Waals surface area contributed by atoms with Crippen LogP contribution in [0.2, 0.25) is 0 Å². The van der Waals surface area contributed by atoms with Crippen LogP contribution in [0, 0.1) is 11.7 Å². The van der Waals surface area contributed by atoms with Gasteiger partial charge in [-0.25, -0.2) is 4.39 Å². The molecule has 2 aromatic carbocycles. The molecule has 130 valence electrons. The van der Waals surface area contributed by atoms with E-state index < -0.39 is 0 Å². The summed E-state index contributed by atoms with van der Waals surface area (Å²) in [5.74, 6) is -0.311. The van der Waals surface area contributed by atoms with Gasteiger partial charge in [0.15, 0.2) is 0 Å². The third-order valence-corrected chi connectivity index (χ3v) is 4.93. The monoisotopic (exact) mass is 340 g/mol. The van der Waals surface area contributed by atoms with E-state index in [1.165, 1.54) is 12.1 Å². The van der Waals surface area contributed by atoms with Gasteiger partial charge in [-0.05, 0) is 36.2 Å². The van der Waals surface area contributed by atoms with Crippen molar-refractivity contribution in [3.63, 3.8) is 0 Å². The molecular weight excluding hydrogens is 319 g/mol. The molecule has 1 amide bonds. The standard InChI is InChI=1S/C20H21FN2O2/c21-15-8-6-14(7-9-15)11-23-12-17-10-18(19(13-23)25-17)20(24)22-16-4-2-1-3-5-16/h1-9,17-19H,10-13H2,(H,22,24)/t17-,18-,19+/m0/s1. The highest BCUT2D eigenvalue weighted by Crippen LogP contribution is 2.33. The molecule has 5 heteroatoms. The number of likely N-dealkylation sites (tertiary alicyclic amines) is 1. The van der Waals surface area contributed by atoms with Crippen LogP contribution >= 0.6 is 0 Å². The van der Waals surface area contributed by atoms with Crippen molar-refractivity contribution in [3.05, 3.63) is 66.0 Å². The molecule has 2 saturated heterocycles. The van der Waals surface area contributed by atoms with Crippen LogP contribution in [0.4, 0.5) is 10.1 Å². The zero-order valence-corrected chi connectivity index (χ0v) is 13.9. The number of para-hydroxylation sites is 1. The maximum absolute atomic E-state index is 13.0. The van der Waals surface area contributed by atoms with E-state index in [2.05, 4.69) is 10.2 Å². The number of ether oxygens (including phenoxy) is 1. The van der Waals surface area contributed by atoms with Crippen molar-refractivity contribution in [1.82, 2.24) is 4.90 Å². The van der Waals surface area contributed by atoms with Crippen molar-refractivity contribution < 1.29 is 13.9 Å². The second kappa shape index (κ2) is 6.94. The summed E-state index contributed by atoms with van der Waals surface area (Å²) in [7, 11) is 0. The number of fused-ring (bicyclic) bond motifs is 2. The van der Waals surface area contributed by atoms with Crippen molar-refractivity contribution in [2.45, 2.75) is 25.2 Å². The Labute approximate surface area is 146 Å². The average molecular weight is 340 g/mol. The number of halogens is 1. The van der Waals surface area contributed by atoms with Crippen LogP contribution in [0.3, 0.4) is 0 Å². The predicted molar refractivity (Wildman–Crippen MR) is 93.5 cm³/mol. The van der Waals surface area contributed by atoms with E-state index in [1.807, 2.05) is 42.5 Å². The predicted octanol–water partition coefficient (Wildman–Crippen LogP) is 3.05. The van der Waals surface area contributed by atoms with Crippen LogP contribution in [-0.2, 0) is 16.1 Å². The van der Waals surface area contributed by atoms with Crippen molar-refractivity contribution in [2.75, 3.05) is 18.4 Å². The molecule has 0 aliphatic carbocycles. The summed E-state index contributed by atoms with van der Waals surface area (Å²) in [5.41, 5.74) is 1.89.